The van der Waals surface area contributed by atoms with Crippen LogP contribution in [0.1, 0.15) is 52.9 Å². The van der Waals surface area contributed by atoms with Gasteiger partial charge in [-0.3, -0.25) is 4.79 Å². The molecule has 0 saturated heterocycles. The molecule has 0 bridgehead atoms. The van der Waals surface area contributed by atoms with Gasteiger partial charge in [0.25, 0.3) is 0 Å². The van der Waals surface area contributed by atoms with Gasteiger partial charge in [0, 0.05) is 5.92 Å². The smallest absolute Gasteiger partial charge is 0.219 e. The highest BCUT2D eigenvalue weighted by molar-refractivity contribution is 5.75. The van der Waals surface area contributed by atoms with Gasteiger partial charge in [0.1, 0.15) is 0 Å². The standard InChI is InChI=1S/C7H14O.C4H9NO/c1-7(8)5-3-2-4-6-7;1-3(2)4(5)6/h8H,2-6H2,1H3;3H,1-2H3,(H2,5,6). The lowest BCUT2D eigenvalue weighted by molar-refractivity contribution is -0.120. The highest BCUT2D eigenvalue weighted by Crippen LogP contribution is 2.26. The van der Waals surface area contributed by atoms with E-state index in [0.717, 1.165) is 12.8 Å². The third-order valence-electron chi connectivity index (χ3n) is 2.50. The highest BCUT2D eigenvalue weighted by Gasteiger charge is 2.22. The van der Waals surface area contributed by atoms with Crippen molar-refractivity contribution in [2.24, 2.45) is 11.7 Å². The molecule has 0 unspecified atom stereocenters. The fraction of sp³-hybridized carbons (Fsp3) is 0.909. The second-order valence-electron chi connectivity index (χ2n) is 4.61. The maximum Gasteiger partial charge on any atom is 0.219 e. The number of hydrogen-bond acceptors (Lipinski definition) is 2. The molecule has 1 amide bonds. The van der Waals surface area contributed by atoms with Crippen molar-refractivity contribution in [1.82, 2.24) is 0 Å². The number of carbonyl (C=O) groups is 1. The minimum absolute atomic E-state index is 0.00926. The summed E-state index contributed by atoms with van der Waals surface area (Å²) < 4.78 is 0. The number of rotatable bonds is 1. The summed E-state index contributed by atoms with van der Waals surface area (Å²) in [5.41, 5.74) is 4.48. The number of amides is 1. The van der Waals surface area contributed by atoms with Crippen molar-refractivity contribution in [3.05, 3.63) is 0 Å². The maximum absolute atomic E-state index is 9.92. The van der Waals surface area contributed by atoms with Crippen molar-refractivity contribution < 1.29 is 9.90 Å². The van der Waals surface area contributed by atoms with E-state index < -0.39 is 0 Å². The van der Waals surface area contributed by atoms with Gasteiger partial charge in [0.2, 0.25) is 5.91 Å². The van der Waals surface area contributed by atoms with Crippen molar-refractivity contribution in [3.63, 3.8) is 0 Å². The molecule has 3 N–H and O–H groups in total. The minimum atomic E-state index is -0.321. The Morgan fingerprint density at radius 1 is 1.29 bits per heavy atom. The van der Waals surface area contributed by atoms with Crippen LogP contribution in [-0.4, -0.2) is 16.6 Å². The van der Waals surface area contributed by atoms with Crippen LogP contribution in [0.5, 0.6) is 0 Å². The normalized spacial score (nSPS) is 19.8. The first-order valence-corrected chi connectivity index (χ1v) is 5.37. The lowest BCUT2D eigenvalue weighted by Crippen LogP contribution is -2.26. The van der Waals surface area contributed by atoms with E-state index in [9.17, 15) is 9.90 Å². The van der Waals surface area contributed by atoms with Crippen LogP contribution in [0.25, 0.3) is 0 Å². The van der Waals surface area contributed by atoms with Gasteiger partial charge in [-0.25, -0.2) is 0 Å². The Kier molecular flexibility index (Phi) is 5.77. The summed E-state index contributed by atoms with van der Waals surface area (Å²) in [6.45, 7) is 5.47. The predicted molar refractivity (Wildman–Crippen MR) is 57.7 cm³/mol. The predicted octanol–water partition coefficient (Wildman–Crippen LogP) is 1.83. The van der Waals surface area contributed by atoms with Gasteiger partial charge in [0.05, 0.1) is 5.60 Å². The summed E-state index contributed by atoms with van der Waals surface area (Å²) in [5.74, 6) is -0.250. The molecule has 1 aliphatic carbocycles. The van der Waals surface area contributed by atoms with Crippen LogP contribution in [0.2, 0.25) is 0 Å². The number of nitrogens with two attached hydrogens (primary N) is 1. The molecule has 0 aliphatic heterocycles. The summed E-state index contributed by atoms with van der Waals surface area (Å²) in [4.78, 5) is 9.92. The molecule has 1 rings (SSSR count). The lowest BCUT2D eigenvalue weighted by Gasteiger charge is -2.27. The molecule has 0 aromatic rings. The van der Waals surface area contributed by atoms with Crippen molar-refractivity contribution in [2.75, 3.05) is 0 Å². The fourth-order valence-electron chi connectivity index (χ4n) is 1.31. The Bertz CT molecular complexity index is 168. The summed E-state index contributed by atoms with van der Waals surface area (Å²) in [5, 5.41) is 9.37. The minimum Gasteiger partial charge on any atom is -0.390 e. The second kappa shape index (κ2) is 6.02. The first kappa shape index (κ1) is 13.4. The van der Waals surface area contributed by atoms with Crippen LogP contribution < -0.4 is 5.73 Å². The Hall–Kier alpha value is -0.570. The van der Waals surface area contributed by atoms with E-state index in [-0.39, 0.29) is 17.4 Å². The average molecular weight is 201 g/mol. The zero-order chi connectivity index (χ0) is 11.2. The molecule has 0 atom stereocenters. The molecule has 3 nitrogen and oxygen atoms in total. The number of hydrogen-bond donors (Lipinski definition) is 2. The monoisotopic (exact) mass is 201 g/mol. The van der Waals surface area contributed by atoms with Gasteiger partial charge in [0.15, 0.2) is 0 Å². The highest BCUT2D eigenvalue weighted by atomic mass is 16.3. The first-order chi connectivity index (χ1) is 6.35. The molecule has 14 heavy (non-hydrogen) atoms. The van der Waals surface area contributed by atoms with E-state index in [1.54, 1.807) is 13.8 Å². The maximum atomic E-state index is 9.92. The topological polar surface area (TPSA) is 63.3 Å². The number of primary amides is 1. The molecule has 1 aliphatic rings. The van der Waals surface area contributed by atoms with E-state index in [1.165, 1.54) is 19.3 Å². The van der Waals surface area contributed by atoms with E-state index in [1.807, 2.05) is 6.92 Å². The Labute approximate surface area is 86.7 Å². The molecule has 0 radical (unpaired) electrons. The van der Waals surface area contributed by atoms with Crippen molar-refractivity contribution in [1.29, 1.82) is 0 Å². The van der Waals surface area contributed by atoms with E-state index in [4.69, 9.17) is 5.73 Å². The molecule has 1 fully saturated rings. The zero-order valence-electron chi connectivity index (χ0n) is 9.55. The van der Waals surface area contributed by atoms with Crippen LogP contribution >= 0.6 is 0 Å². The quantitative estimate of drug-likeness (QED) is 0.679. The van der Waals surface area contributed by atoms with Crippen LogP contribution in [0.4, 0.5) is 0 Å². The molecular weight excluding hydrogens is 178 g/mol. The van der Waals surface area contributed by atoms with E-state index in [2.05, 4.69) is 0 Å². The average Bonchev–Trinajstić information content (AvgIpc) is 2.04. The second-order valence-corrected chi connectivity index (χ2v) is 4.61. The van der Waals surface area contributed by atoms with Gasteiger partial charge in [-0.2, -0.15) is 0 Å². The summed E-state index contributed by atoms with van der Waals surface area (Å²) in [7, 11) is 0. The van der Waals surface area contributed by atoms with Crippen LogP contribution in [-0.2, 0) is 4.79 Å². The van der Waals surface area contributed by atoms with E-state index >= 15 is 0 Å². The van der Waals surface area contributed by atoms with E-state index in [0.29, 0.717) is 0 Å². The first-order valence-electron chi connectivity index (χ1n) is 5.37. The molecule has 0 heterocycles. The summed E-state index contributed by atoms with van der Waals surface area (Å²) in [6.07, 6.45) is 5.76. The van der Waals surface area contributed by atoms with Gasteiger partial charge in [-0.1, -0.05) is 33.1 Å². The zero-order valence-corrected chi connectivity index (χ0v) is 9.55. The summed E-state index contributed by atoms with van der Waals surface area (Å²) in [6, 6.07) is 0. The third-order valence-corrected chi connectivity index (χ3v) is 2.50. The molecule has 0 aromatic heterocycles. The van der Waals surface area contributed by atoms with Crippen LogP contribution in [0, 0.1) is 5.92 Å². The molecule has 84 valence electrons. The largest absolute Gasteiger partial charge is 0.390 e. The van der Waals surface area contributed by atoms with Gasteiger partial charge in [-0.15, -0.1) is 0 Å². The Balaban J connectivity index is 0.000000255. The van der Waals surface area contributed by atoms with Gasteiger partial charge >= 0.3 is 0 Å². The van der Waals surface area contributed by atoms with Crippen molar-refractivity contribution in [3.8, 4) is 0 Å². The van der Waals surface area contributed by atoms with Crippen molar-refractivity contribution >= 4 is 5.91 Å². The van der Waals surface area contributed by atoms with Crippen LogP contribution in [0.3, 0.4) is 0 Å². The molecule has 0 spiro atoms. The number of aliphatic hydroxyl groups is 1. The Morgan fingerprint density at radius 3 is 1.79 bits per heavy atom. The fourth-order valence-corrected chi connectivity index (χ4v) is 1.31. The molecule has 3 heteroatoms. The Morgan fingerprint density at radius 2 is 1.64 bits per heavy atom. The third kappa shape index (κ3) is 6.89. The van der Waals surface area contributed by atoms with Crippen molar-refractivity contribution in [2.45, 2.75) is 58.5 Å². The van der Waals surface area contributed by atoms with Crippen LogP contribution in [0.15, 0.2) is 0 Å². The van der Waals surface area contributed by atoms with Gasteiger partial charge in [-0.05, 0) is 19.8 Å². The SMILES string of the molecule is CC(C)C(N)=O.CC1(O)CCCCC1. The van der Waals surface area contributed by atoms with Gasteiger partial charge < -0.3 is 10.8 Å². The lowest BCUT2D eigenvalue weighted by atomic mass is 9.87. The molecule has 0 aromatic carbocycles. The molecular formula is C11H23NO2. The molecule has 1 saturated carbocycles. The number of carbonyl (C=O) groups excluding carboxylic acids is 1. The summed E-state index contributed by atoms with van der Waals surface area (Å²) >= 11 is 0.